The summed E-state index contributed by atoms with van der Waals surface area (Å²) in [4.78, 5) is 14.1. The van der Waals surface area contributed by atoms with Gasteiger partial charge in [0.1, 0.15) is 5.75 Å². The van der Waals surface area contributed by atoms with Gasteiger partial charge in [-0.2, -0.15) is 0 Å². The number of nitrogens with zero attached hydrogens (tertiary/aromatic N) is 1. The van der Waals surface area contributed by atoms with Gasteiger partial charge in [-0.1, -0.05) is 6.92 Å². The largest absolute Gasteiger partial charge is 0.496 e. The van der Waals surface area contributed by atoms with Crippen molar-refractivity contribution in [1.29, 1.82) is 0 Å². The number of anilines is 1. The van der Waals surface area contributed by atoms with Crippen molar-refractivity contribution < 1.29 is 9.53 Å². The minimum atomic E-state index is -0.163. The van der Waals surface area contributed by atoms with Crippen molar-refractivity contribution in [1.82, 2.24) is 10.2 Å². The second-order valence-corrected chi connectivity index (χ2v) is 4.11. The molecule has 0 spiro atoms. The maximum absolute atomic E-state index is 12.0. The van der Waals surface area contributed by atoms with Crippen LogP contribution < -0.4 is 15.8 Å². The molecular weight excluding hydrogens is 230 g/mol. The number of hydrogen-bond acceptors (Lipinski definition) is 4. The maximum Gasteiger partial charge on any atom is 0.255 e. The van der Waals surface area contributed by atoms with Crippen LogP contribution in [0.1, 0.15) is 17.3 Å². The van der Waals surface area contributed by atoms with E-state index in [1.807, 2.05) is 7.05 Å². The zero-order valence-corrected chi connectivity index (χ0v) is 11.2. The predicted octanol–water partition coefficient (Wildman–Crippen LogP) is 0.959. The van der Waals surface area contributed by atoms with E-state index in [9.17, 15) is 4.79 Å². The predicted molar refractivity (Wildman–Crippen MR) is 72.9 cm³/mol. The highest BCUT2D eigenvalue weighted by Crippen LogP contribution is 2.20. The van der Waals surface area contributed by atoms with Gasteiger partial charge >= 0.3 is 0 Å². The topological polar surface area (TPSA) is 67.6 Å². The molecular formula is C13H21N3O2. The van der Waals surface area contributed by atoms with Gasteiger partial charge in [0.15, 0.2) is 0 Å². The zero-order valence-electron chi connectivity index (χ0n) is 11.2. The number of nitrogen functional groups attached to an aromatic ring is 1. The van der Waals surface area contributed by atoms with Gasteiger partial charge in [-0.05, 0) is 31.8 Å². The number of amides is 1. The summed E-state index contributed by atoms with van der Waals surface area (Å²) in [5.74, 6) is 0.370. The van der Waals surface area contributed by atoms with Crippen molar-refractivity contribution in [3.05, 3.63) is 23.8 Å². The summed E-state index contributed by atoms with van der Waals surface area (Å²) in [5, 5.41) is 2.85. The molecule has 1 aromatic carbocycles. The standard InChI is InChI=1S/C13H21N3O2/c1-4-16(2)8-7-15-13(17)11-9-10(14)5-6-12(11)18-3/h5-6,9H,4,7-8,14H2,1-3H3,(H,15,17). The van der Waals surface area contributed by atoms with Crippen LogP contribution in [0.3, 0.4) is 0 Å². The first-order valence-electron chi connectivity index (χ1n) is 5.98. The van der Waals surface area contributed by atoms with E-state index in [1.165, 1.54) is 7.11 Å². The van der Waals surface area contributed by atoms with Gasteiger partial charge in [0, 0.05) is 18.8 Å². The Labute approximate surface area is 108 Å². The number of nitrogens with one attached hydrogen (secondary N) is 1. The summed E-state index contributed by atoms with van der Waals surface area (Å²) in [5.41, 5.74) is 6.69. The molecule has 18 heavy (non-hydrogen) atoms. The van der Waals surface area contributed by atoms with Crippen molar-refractivity contribution in [2.24, 2.45) is 0 Å². The van der Waals surface area contributed by atoms with E-state index in [0.29, 0.717) is 23.5 Å². The smallest absolute Gasteiger partial charge is 0.255 e. The molecule has 0 heterocycles. The molecule has 0 radical (unpaired) electrons. The summed E-state index contributed by atoms with van der Waals surface area (Å²) in [6, 6.07) is 5.03. The summed E-state index contributed by atoms with van der Waals surface area (Å²) in [6.07, 6.45) is 0. The number of likely N-dealkylation sites (N-methyl/N-ethyl adjacent to an activating group) is 1. The molecule has 0 aliphatic carbocycles. The first-order valence-corrected chi connectivity index (χ1v) is 5.98. The molecule has 0 saturated carbocycles. The summed E-state index contributed by atoms with van der Waals surface area (Å²) >= 11 is 0. The lowest BCUT2D eigenvalue weighted by Gasteiger charge is -2.15. The number of rotatable bonds is 6. The van der Waals surface area contributed by atoms with Crippen molar-refractivity contribution in [2.45, 2.75) is 6.92 Å². The Morgan fingerprint density at radius 3 is 2.83 bits per heavy atom. The van der Waals surface area contributed by atoms with Gasteiger partial charge in [-0.25, -0.2) is 0 Å². The van der Waals surface area contributed by atoms with E-state index in [0.717, 1.165) is 13.1 Å². The molecule has 0 aliphatic rings. The molecule has 5 heteroatoms. The van der Waals surface area contributed by atoms with Crippen molar-refractivity contribution in [2.75, 3.05) is 39.5 Å². The quantitative estimate of drug-likeness (QED) is 0.739. The van der Waals surface area contributed by atoms with Crippen molar-refractivity contribution >= 4 is 11.6 Å². The van der Waals surface area contributed by atoms with E-state index in [4.69, 9.17) is 10.5 Å². The Bertz CT molecular complexity index is 407. The second-order valence-electron chi connectivity index (χ2n) is 4.11. The van der Waals surface area contributed by atoms with E-state index in [1.54, 1.807) is 18.2 Å². The van der Waals surface area contributed by atoms with E-state index < -0.39 is 0 Å². The van der Waals surface area contributed by atoms with E-state index >= 15 is 0 Å². The molecule has 0 unspecified atom stereocenters. The third kappa shape index (κ3) is 3.92. The van der Waals surface area contributed by atoms with Crippen LogP contribution in [0.5, 0.6) is 5.75 Å². The highest BCUT2D eigenvalue weighted by atomic mass is 16.5. The third-order valence-electron chi connectivity index (χ3n) is 2.79. The number of benzene rings is 1. The van der Waals surface area contributed by atoms with Gasteiger partial charge < -0.3 is 20.7 Å². The average molecular weight is 251 g/mol. The summed E-state index contributed by atoms with van der Waals surface area (Å²) in [6.45, 7) is 4.44. The Morgan fingerprint density at radius 2 is 2.22 bits per heavy atom. The summed E-state index contributed by atoms with van der Waals surface area (Å²) < 4.78 is 5.14. The number of hydrogen-bond donors (Lipinski definition) is 2. The van der Waals surface area contributed by atoms with Crippen LogP contribution >= 0.6 is 0 Å². The van der Waals surface area contributed by atoms with Gasteiger partial charge in [0.2, 0.25) is 0 Å². The molecule has 0 saturated heterocycles. The Kier molecular flexibility index (Phi) is 5.45. The number of carbonyl (C=O) groups excluding carboxylic acids is 1. The summed E-state index contributed by atoms with van der Waals surface area (Å²) in [7, 11) is 3.54. The van der Waals surface area contributed by atoms with Gasteiger partial charge in [0.05, 0.1) is 12.7 Å². The molecule has 5 nitrogen and oxygen atoms in total. The highest BCUT2D eigenvalue weighted by Gasteiger charge is 2.12. The molecule has 100 valence electrons. The van der Waals surface area contributed by atoms with Crippen LogP contribution in [0.25, 0.3) is 0 Å². The fraction of sp³-hybridized carbons (Fsp3) is 0.462. The molecule has 0 atom stereocenters. The molecule has 1 rings (SSSR count). The zero-order chi connectivity index (χ0) is 13.5. The lowest BCUT2D eigenvalue weighted by molar-refractivity contribution is 0.0947. The first-order chi connectivity index (χ1) is 8.58. The number of methoxy groups -OCH3 is 1. The Balaban J connectivity index is 2.63. The molecule has 0 fully saturated rings. The van der Waals surface area contributed by atoms with E-state index in [2.05, 4.69) is 17.1 Å². The van der Waals surface area contributed by atoms with Crippen molar-refractivity contribution in [3.63, 3.8) is 0 Å². The van der Waals surface area contributed by atoms with E-state index in [-0.39, 0.29) is 5.91 Å². The third-order valence-corrected chi connectivity index (χ3v) is 2.79. The number of carbonyl (C=O) groups is 1. The molecule has 3 N–H and O–H groups in total. The maximum atomic E-state index is 12.0. The normalized spacial score (nSPS) is 10.4. The Morgan fingerprint density at radius 1 is 1.50 bits per heavy atom. The van der Waals surface area contributed by atoms with Crippen molar-refractivity contribution in [3.8, 4) is 5.75 Å². The first kappa shape index (κ1) is 14.3. The van der Waals surface area contributed by atoms with Crippen LogP contribution in [0.15, 0.2) is 18.2 Å². The lowest BCUT2D eigenvalue weighted by atomic mass is 10.1. The highest BCUT2D eigenvalue weighted by molar-refractivity contribution is 5.97. The van der Waals surface area contributed by atoms with Crippen LogP contribution in [-0.4, -0.2) is 44.6 Å². The fourth-order valence-corrected chi connectivity index (χ4v) is 1.52. The molecule has 1 amide bonds. The second kappa shape index (κ2) is 6.86. The molecule has 0 bridgehead atoms. The molecule has 0 aromatic heterocycles. The average Bonchev–Trinajstić information content (AvgIpc) is 2.38. The van der Waals surface area contributed by atoms with Crippen LogP contribution in [0.4, 0.5) is 5.69 Å². The Hall–Kier alpha value is -1.75. The van der Waals surface area contributed by atoms with Gasteiger partial charge in [-0.15, -0.1) is 0 Å². The number of nitrogens with two attached hydrogens (primary N) is 1. The van der Waals surface area contributed by atoms with Crippen LogP contribution in [-0.2, 0) is 0 Å². The lowest BCUT2D eigenvalue weighted by Crippen LogP contribution is -2.33. The van der Waals surface area contributed by atoms with Crippen LogP contribution in [0, 0.1) is 0 Å². The number of ether oxygens (including phenoxy) is 1. The van der Waals surface area contributed by atoms with Crippen LogP contribution in [0.2, 0.25) is 0 Å². The SMILES string of the molecule is CCN(C)CCNC(=O)c1cc(N)ccc1OC. The molecule has 0 aliphatic heterocycles. The fourth-order valence-electron chi connectivity index (χ4n) is 1.52. The monoisotopic (exact) mass is 251 g/mol. The minimum absolute atomic E-state index is 0.163. The minimum Gasteiger partial charge on any atom is -0.496 e. The van der Waals surface area contributed by atoms with Gasteiger partial charge in [-0.3, -0.25) is 4.79 Å². The van der Waals surface area contributed by atoms with Gasteiger partial charge in [0.25, 0.3) is 5.91 Å². The molecule has 1 aromatic rings.